The van der Waals surface area contributed by atoms with Gasteiger partial charge < -0.3 is 4.74 Å². The van der Waals surface area contributed by atoms with Crippen molar-refractivity contribution in [3.8, 4) is 16.9 Å². The Morgan fingerprint density at radius 3 is 2.21 bits per heavy atom. The first-order chi connectivity index (χ1) is 14.1. The van der Waals surface area contributed by atoms with Crippen LogP contribution in [0.3, 0.4) is 0 Å². The molecule has 0 fully saturated rings. The van der Waals surface area contributed by atoms with Gasteiger partial charge in [-0.05, 0) is 28.5 Å². The third kappa shape index (κ3) is 3.34. The van der Waals surface area contributed by atoms with E-state index in [1.54, 1.807) is 67.8 Å². The molecule has 0 saturated heterocycles. The van der Waals surface area contributed by atoms with E-state index in [0.717, 1.165) is 0 Å². The van der Waals surface area contributed by atoms with Crippen LogP contribution in [0.4, 0.5) is 5.69 Å². The van der Waals surface area contributed by atoms with Crippen molar-refractivity contribution >= 4 is 22.2 Å². The van der Waals surface area contributed by atoms with Crippen LogP contribution in [-0.2, 0) is 0 Å². The van der Waals surface area contributed by atoms with Gasteiger partial charge in [-0.2, -0.15) is 0 Å². The first kappa shape index (κ1) is 18.4. The van der Waals surface area contributed by atoms with Crippen molar-refractivity contribution in [3.63, 3.8) is 0 Å². The van der Waals surface area contributed by atoms with E-state index < -0.39 is 4.92 Å². The monoisotopic (exact) mass is 383 g/mol. The molecule has 29 heavy (non-hydrogen) atoms. The van der Waals surface area contributed by atoms with Crippen LogP contribution in [0.1, 0.15) is 15.9 Å². The third-order valence-electron chi connectivity index (χ3n) is 4.87. The van der Waals surface area contributed by atoms with E-state index in [1.807, 2.05) is 18.2 Å². The number of ketones is 1. The Labute approximate surface area is 167 Å². The fourth-order valence-electron chi connectivity index (χ4n) is 3.50. The number of fused-ring (bicyclic) bond motifs is 1. The van der Waals surface area contributed by atoms with Crippen LogP contribution in [0.25, 0.3) is 21.9 Å². The lowest BCUT2D eigenvalue weighted by atomic mass is 9.88. The molecule has 5 nitrogen and oxygen atoms in total. The molecule has 0 saturated carbocycles. The van der Waals surface area contributed by atoms with Gasteiger partial charge in [0.15, 0.2) is 5.78 Å². The number of ether oxygens (including phenoxy) is 1. The Morgan fingerprint density at radius 1 is 0.897 bits per heavy atom. The minimum absolute atomic E-state index is 0.104. The summed E-state index contributed by atoms with van der Waals surface area (Å²) in [6.07, 6.45) is 0. The van der Waals surface area contributed by atoms with Gasteiger partial charge in [0.2, 0.25) is 0 Å². The molecular weight excluding hydrogens is 366 g/mol. The molecule has 0 aliphatic carbocycles. The zero-order valence-corrected chi connectivity index (χ0v) is 15.7. The Morgan fingerprint density at radius 2 is 1.55 bits per heavy atom. The van der Waals surface area contributed by atoms with Crippen LogP contribution in [0, 0.1) is 10.1 Å². The minimum Gasteiger partial charge on any atom is -0.497 e. The van der Waals surface area contributed by atoms with Crippen LogP contribution in [0.15, 0.2) is 84.9 Å². The number of carbonyl (C=O) groups excluding carboxylic acids is 1. The van der Waals surface area contributed by atoms with Gasteiger partial charge in [0.25, 0.3) is 5.69 Å². The normalized spacial score (nSPS) is 10.7. The number of hydrogen-bond acceptors (Lipinski definition) is 4. The highest BCUT2D eigenvalue weighted by Crippen LogP contribution is 2.40. The molecule has 0 amide bonds. The van der Waals surface area contributed by atoms with Gasteiger partial charge in [-0.15, -0.1) is 0 Å². The zero-order chi connectivity index (χ0) is 20.4. The van der Waals surface area contributed by atoms with Crippen molar-refractivity contribution in [1.82, 2.24) is 0 Å². The summed E-state index contributed by atoms with van der Waals surface area (Å²) in [5, 5.41) is 13.3. The van der Waals surface area contributed by atoms with E-state index >= 15 is 0 Å². The van der Waals surface area contributed by atoms with E-state index in [-0.39, 0.29) is 11.5 Å². The van der Waals surface area contributed by atoms with Crippen molar-refractivity contribution in [2.24, 2.45) is 0 Å². The van der Waals surface area contributed by atoms with Crippen LogP contribution >= 0.6 is 0 Å². The number of rotatable bonds is 5. The maximum absolute atomic E-state index is 13.5. The number of nitrogens with zero attached hydrogens (tertiary/aromatic N) is 1. The summed E-state index contributed by atoms with van der Waals surface area (Å²) in [6.45, 7) is 0. The van der Waals surface area contributed by atoms with Crippen molar-refractivity contribution in [1.29, 1.82) is 0 Å². The predicted molar refractivity (Wildman–Crippen MR) is 112 cm³/mol. The number of methoxy groups -OCH3 is 1. The van der Waals surface area contributed by atoms with Gasteiger partial charge >= 0.3 is 0 Å². The fourth-order valence-corrected chi connectivity index (χ4v) is 3.50. The lowest BCUT2D eigenvalue weighted by Gasteiger charge is -2.14. The van der Waals surface area contributed by atoms with Crippen LogP contribution < -0.4 is 4.74 Å². The smallest absolute Gasteiger partial charge is 0.278 e. The highest BCUT2D eigenvalue weighted by Gasteiger charge is 2.27. The topological polar surface area (TPSA) is 69.4 Å². The predicted octanol–water partition coefficient (Wildman–Crippen LogP) is 5.65. The van der Waals surface area contributed by atoms with E-state index in [9.17, 15) is 14.9 Å². The molecule has 0 spiro atoms. The van der Waals surface area contributed by atoms with Gasteiger partial charge in [-0.3, -0.25) is 14.9 Å². The Bertz CT molecular complexity index is 1220. The van der Waals surface area contributed by atoms with Gasteiger partial charge in [0.05, 0.1) is 17.6 Å². The molecular formula is C24H17NO4. The van der Waals surface area contributed by atoms with Crippen LogP contribution in [0.5, 0.6) is 5.75 Å². The van der Waals surface area contributed by atoms with Gasteiger partial charge in [0.1, 0.15) is 5.75 Å². The Kier molecular flexibility index (Phi) is 4.79. The standard InChI is InChI=1S/C24H17NO4/c1-29-19-13-11-16(12-14-19)22-21(25(27)28)15-18-9-5-6-10-20(18)23(22)24(26)17-7-3-2-4-8-17/h2-15H,1H3. The molecule has 0 N–H and O–H groups in total. The molecule has 0 radical (unpaired) electrons. The lowest BCUT2D eigenvalue weighted by Crippen LogP contribution is -2.07. The minimum atomic E-state index is -0.437. The van der Waals surface area contributed by atoms with Crippen molar-refractivity contribution in [2.45, 2.75) is 0 Å². The van der Waals surface area contributed by atoms with Crippen molar-refractivity contribution in [2.75, 3.05) is 7.11 Å². The van der Waals surface area contributed by atoms with Gasteiger partial charge in [-0.1, -0.05) is 66.7 Å². The average molecular weight is 383 g/mol. The summed E-state index contributed by atoms with van der Waals surface area (Å²) in [4.78, 5) is 25.0. The SMILES string of the molecule is COc1ccc(-c2c([N+](=O)[O-])cc3ccccc3c2C(=O)c2ccccc2)cc1. The summed E-state index contributed by atoms with van der Waals surface area (Å²) in [5.41, 5.74) is 1.60. The highest BCUT2D eigenvalue weighted by molar-refractivity contribution is 6.21. The number of benzene rings is 4. The fraction of sp³-hybridized carbons (Fsp3) is 0.0417. The molecule has 0 heterocycles. The maximum atomic E-state index is 13.5. The maximum Gasteiger partial charge on any atom is 0.278 e. The molecule has 4 rings (SSSR count). The summed E-state index contributed by atoms with van der Waals surface area (Å²) in [7, 11) is 1.55. The average Bonchev–Trinajstić information content (AvgIpc) is 2.78. The molecule has 142 valence electrons. The molecule has 0 unspecified atom stereocenters. The van der Waals surface area contributed by atoms with E-state index in [2.05, 4.69) is 0 Å². The second kappa shape index (κ2) is 7.56. The second-order valence-electron chi connectivity index (χ2n) is 6.55. The van der Waals surface area contributed by atoms with E-state index in [4.69, 9.17) is 4.74 Å². The zero-order valence-electron chi connectivity index (χ0n) is 15.7. The molecule has 0 aliphatic heterocycles. The number of nitro groups is 1. The number of nitro benzene ring substituents is 1. The summed E-state index contributed by atoms with van der Waals surface area (Å²) in [5.74, 6) is 0.379. The first-order valence-corrected chi connectivity index (χ1v) is 9.04. The molecule has 0 aliphatic rings. The molecule has 0 aromatic heterocycles. The highest BCUT2D eigenvalue weighted by atomic mass is 16.6. The largest absolute Gasteiger partial charge is 0.497 e. The van der Waals surface area contributed by atoms with Crippen LogP contribution in [-0.4, -0.2) is 17.8 Å². The van der Waals surface area contributed by atoms with E-state index in [0.29, 0.717) is 38.8 Å². The van der Waals surface area contributed by atoms with Gasteiger partial charge in [0, 0.05) is 17.2 Å². The van der Waals surface area contributed by atoms with Crippen molar-refractivity contribution in [3.05, 3.63) is 106 Å². The first-order valence-electron chi connectivity index (χ1n) is 9.04. The summed E-state index contributed by atoms with van der Waals surface area (Å²) < 4.78 is 5.20. The second-order valence-corrected chi connectivity index (χ2v) is 6.55. The lowest BCUT2D eigenvalue weighted by molar-refractivity contribution is -0.384. The Hall–Kier alpha value is -3.99. The molecule has 4 aromatic rings. The summed E-state index contributed by atoms with van der Waals surface area (Å²) >= 11 is 0. The molecule has 4 aromatic carbocycles. The Balaban J connectivity index is 2.09. The molecule has 5 heteroatoms. The quantitative estimate of drug-likeness (QED) is 0.253. The number of carbonyl (C=O) groups is 1. The molecule has 0 bridgehead atoms. The summed E-state index contributed by atoms with van der Waals surface area (Å²) in [6, 6.07) is 24.5. The van der Waals surface area contributed by atoms with Crippen molar-refractivity contribution < 1.29 is 14.5 Å². The van der Waals surface area contributed by atoms with E-state index in [1.165, 1.54) is 6.07 Å². The third-order valence-corrected chi connectivity index (χ3v) is 4.87. The molecule has 0 atom stereocenters. The van der Waals surface area contributed by atoms with Gasteiger partial charge in [-0.25, -0.2) is 0 Å². The van der Waals surface area contributed by atoms with Crippen LogP contribution in [0.2, 0.25) is 0 Å². The number of hydrogen-bond donors (Lipinski definition) is 0.